The van der Waals surface area contributed by atoms with Crippen molar-refractivity contribution in [2.45, 2.75) is 6.92 Å². The van der Waals surface area contributed by atoms with Gasteiger partial charge in [-0.3, -0.25) is 14.9 Å². The fraction of sp³-hybridized carbons (Fsp3) is 0.136. The first-order chi connectivity index (χ1) is 14.5. The molecule has 0 fully saturated rings. The largest absolute Gasteiger partial charge is 0.493 e. The fourth-order valence-corrected chi connectivity index (χ4v) is 3.39. The summed E-state index contributed by atoms with van der Waals surface area (Å²) in [5.41, 5.74) is 3.16. The van der Waals surface area contributed by atoms with Crippen molar-refractivity contribution in [2.75, 3.05) is 24.9 Å². The van der Waals surface area contributed by atoms with Crippen LogP contribution in [0.15, 0.2) is 53.9 Å². The zero-order valence-corrected chi connectivity index (χ0v) is 17.6. The molecule has 154 valence electrons. The van der Waals surface area contributed by atoms with E-state index in [9.17, 15) is 9.59 Å². The summed E-state index contributed by atoms with van der Waals surface area (Å²) in [4.78, 5) is 27.8. The second-order valence-electron chi connectivity index (χ2n) is 6.23. The molecule has 30 heavy (non-hydrogen) atoms. The van der Waals surface area contributed by atoms with Gasteiger partial charge in [0.1, 0.15) is 0 Å². The fourth-order valence-electron chi connectivity index (χ4n) is 2.67. The minimum absolute atomic E-state index is 0.123. The predicted molar refractivity (Wildman–Crippen MR) is 119 cm³/mol. The van der Waals surface area contributed by atoms with Crippen LogP contribution in [0.25, 0.3) is 17.3 Å². The van der Waals surface area contributed by atoms with Crippen molar-refractivity contribution in [3.8, 4) is 22.8 Å². The van der Waals surface area contributed by atoms with E-state index in [2.05, 4.69) is 15.6 Å². The van der Waals surface area contributed by atoms with Gasteiger partial charge in [-0.05, 0) is 35.9 Å². The van der Waals surface area contributed by atoms with Gasteiger partial charge < -0.3 is 14.8 Å². The van der Waals surface area contributed by atoms with Gasteiger partial charge in [0.05, 0.1) is 19.9 Å². The summed E-state index contributed by atoms with van der Waals surface area (Å²) in [5.74, 6) is 0.808. The molecule has 1 aromatic heterocycles. The van der Waals surface area contributed by atoms with Gasteiger partial charge in [0.2, 0.25) is 11.8 Å². The Balaban J connectivity index is 1.63. The van der Waals surface area contributed by atoms with Gasteiger partial charge >= 0.3 is 0 Å². The first-order valence-electron chi connectivity index (χ1n) is 9.03. The summed E-state index contributed by atoms with van der Waals surface area (Å²) in [6.07, 6.45) is 3.12. The summed E-state index contributed by atoms with van der Waals surface area (Å²) in [6, 6.07) is 12.7. The molecule has 0 bridgehead atoms. The topological polar surface area (TPSA) is 89.5 Å². The second-order valence-corrected chi connectivity index (χ2v) is 7.09. The molecule has 0 saturated heterocycles. The molecular weight excluding hydrogens is 402 g/mol. The minimum atomic E-state index is -0.285. The van der Waals surface area contributed by atoms with Gasteiger partial charge in [0.15, 0.2) is 16.6 Å². The van der Waals surface area contributed by atoms with Gasteiger partial charge in [-0.2, -0.15) is 0 Å². The van der Waals surface area contributed by atoms with E-state index in [1.807, 2.05) is 23.6 Å². The van der Waals surface area contributed by atoms with Crippen molar-refractivity contribution in [1.29, 1.82) is 0 Å². The number of hydrogen-bond acceptors (Lipinski definition) is 6. The maximum absolute atomic E-state index is 12.2. The van der Waals surface area contributed by atoms with Gasteiger partial charge in [0, 0.05) is 29.6 Å². The highest BCUT2D eigenvalue weighted by Crippen LogP contribution is 2.28. The molecule has 0 atom stereocenters. The molecule has 0 aliphatic rings. The monoisotopic (exact) mass is 423 g/mol. The number of ether oxygens (including phenoxy) is 2. The molecule has 0 aliphatic carbocycles. The molecule has 0 saturated carbocycles. The third kappa shape index (κ3) is 5.45. The molecule has 3 rings (SSSR count). The van der Waals surface area contributed by atoms with Crippen molar-refractivity contribution in [2.24, 2.45) is 0 Å². The Morgan fingerprint density at radius 2 is 1.73 bits per heavy atom. The zero-order chi connectivity index (χ0) is 21.5. The maximum Gasteiger partial charge on any atom is 0.250 e. The van der Waals surface area contributed by atoms with E-state index in [-0.39, 0.29) is 11.8 Å². The van der Waals surface area contributed by atoms with E-state index in [0.717, 1.165) is 22.5 Å². The molecule has 7 nitrogen and oxygen atoms in total. The number of thiazole rings is 1. The van der Waals surface area contributed by atoms with E-state index < -0.39 is 0 Å². The van der Waals surface area contributed by atoms with Crippen LogP contribution in [0.3, 0.4) is 0 Å². The summed E-state index contributed by atoms with van der Waals surface area (Å²) in [7, 11) is 3.13. The van der Waals surface area contributed by atoms with E-state index in [1.165, 1.54) is 24.3 Å². The van der Waals surface area contributed by atoms with Gasteiger partial charge in [0.25, 0.3) is 0 Å². The lowest BCUT2D eigenvalue weighted by Crippen LogP contribution is -2.07. The third-order valence-corrected chi connectivity index (χ3v) is 4.83. The van der Waals surface area contributed by atoms with Crippen LogP contribution in [0.4, 0.5) is 10.8 Å². The average molecular weight is 423 g/mol. The molecule has 8 heteroatoms. The van der Waals surface area contributed by atoms with Gasteiger partial charge in [-0.15, -0.1) is 11.3 Å². The lowest BCUT2D eigenvalue weighted by Gasteiger charge is -2.07. The number of carbonyl (C=O) groups is 2. The number of aromatic nitrogens is 1. The Morgan fingerprint density at radius 3 is 2.40 bits per heavy atom. The molecular formula is C22H21N3O4S. The van der Waals surface area contributed by atoms with Crippen LogP contribution in [-0.4, -0.2) is 31.0 Å². The highest BCUT2D eigenvalue weighted by atomic mass is 32.1. The number of amides is 2. The average Bonchev–Trinajstić information content (AvgIpc) is 3.20. The molecule has 1 heterocycles. The van der Waals surface area contributed by atoms with Crippen molar-refractivity contribution in [3.63, 3.8) is 0 Å². The molecule has 2 amide bonds. The van der Waals surface area contributed by atoms with Crippen LogP contribution in [-0.2, 0) is 9.59 Å². The standard InChI is InChI=1S/C22H21N3O4S/c1-14(26)23-17-8-6-16(7-9-17)18-13-30-22(24-18)25-21(27)11-5-15-4-10-19(28-2)20(12-15)29-3/h4-13H,1-3H3,(H,23,26)(H,24,25,27). The number of benzene rings is 2. The second kappa shape index (κ2) is 9.71. The Labute approximate surface area is 178 Å². The normalized spacial score (nSPS) is 10.6. The SMILES string of the molecule is COc1ccc(C=CC(=O)Nc2nc(-c3ccc(NC(C)=O)cc3)cs2)cc1OC. The highest BCUT2D eigenvalue weighted by Gasteiger charge is 2.08. The molecule has 0 aliphatic heterocycles. The van der Waals surface area contributed by atoms with E-state index in [0.29, 0.717) is 16.6 Å². The third-order valence-electron chi connectivity index (χ3n) is 4.07. The van der Waals surface area contributed by atoms with E-state index in [1.54, 1.807) is 44.6 Å². The Hall–Kier alpha value is -3.65. The molecule has 3 aromatic rings. The van der Waals surface area contributed by atoms with Gasteiger partial charge in [-0.1, -0.05) is 18.2 Å². The number of methoxy groups -OCH3 is 2. The smallest absolute Gasteiger partial charge is 0.250 e. The van der Waals surface area contributed by atoms with Crippen molar-refractivity contribution in [1.82, 2.24) is 4.98 Å². The van der Waals surface area contributed by atoms with Gasteiger partial charge in [-0.25, -0.2) is 4.98 Å². The number of anilines is 2. The predicted octanol–water partition coefficient (Wildman–Crippen LogP) is 4.44. The maximum atomic E-state index is 12.2. The number of hydrogen-bond donors (Lipinski definition) is 2. The first kappa shape index (κ1) is 21.1. The van der Waals surface area contributed by atoms with Crippen LogP contribution in [0.5, 0.6) is 11.5 Å². The molecule has 0 spiro atoms. The highest BCUT2D eigenvalue weighted by molar-refractivity contribution is 7.14. The summed E-state index contributed by atoms with van der Waals surface area (Å²) in [6.45, 7) is 1.46. The zero-order valence-electron chi connectivity index (χ0n) is 16.8. The lowest BCUT2D eigenvalue weighted by molar-refractivity contribution is -0.114. The Kier molecular flexibility index (Phi) is 6.82. The van der Waals surface area contributed by atoms with Crippen LogP contribution in [0.2, 0.25) is 0 Å². The molecule has 2 aromatic carbocycles. The quantitative estimate of drug-likeness (QED) is 0.549. The van der Waals surface area contributed by atoms with Crippen molar-refractivity contribution in [3.05, 3.63) is 59.5 Å². The van der Waals surface area contributed by atoms with Crippen LogP contribution < -0.4 is 20.1 Å². The van der Waals surface area contributed by atoms with E-state index in [4.69, 9.17) is 9.47 Å². The van der Waals surface area contributed by atoms with Crippen LogP contribution in [0.1, 0.15) is 12.5 Å². The summed E-state index contributed by atoms with van der Waals surface area (Å²) in [5, 5.41) is 7.84. The summed E-state index contributed by atoms with van der Waals surface area (Å²) < 4.78 is 10.5. The van der Waals surface area contributed by atoms with E-state index >= 15 is 0 Å². The molecule has 2 N–H and O–H groups in total. The minimum Gasteiger partial charge on any atom is -0.493 e. The summed E-state index contributed by atoms with van der Waals surface area (Å²) >= 11 is 1.34. The van der Waals surface area contributed by atoms with Crippen molar-refractivity contribution >= 4 is 40.0 Å². The molecule has 0 radical (unpaired) electrons. The number of nitrogens with zero attached hydrogens (tertiary/aromatic N) is 1. The van der Waals surface area contributed by atoms with Crippen molar-refractivity contribution < 1.29 is 19.1 Å². The molecule has 0 unspecified atom stereocenters. The number of nitrogens with one attached hydrogen (secondary N) is 2. The Bertz CT molecular complexity index is 1070. The number of rotatable bonds is 7. The van der Waals surface area contributed by atoms with Crippen LogP contribution >= 0.6 is 11.3 Å². The first-order valence-corrected chi connectivity index (χ1v) is 9.91. The Morgan fingerprint density at radius 1 is 1.00 bits per heavy atom. The lowest BCUT2D eigenvalue weighted by atomic mass is 10.1. The van der Waals surface area contributed by atoms with Crippen LogP contribution in [0, 0.1) is 0 Å². The number of carbonyl (C=O) groups excluding carboxylic acids is 2.